The zero-order valence-electron chi connectivity index (χ0n) is 19.4. The zero-order valence-corrected chi connectivity index (χ0v) is 19.4. The first kappa shape index (κ1) is 22.4. The van der Waals surface area contributed by atoms with E-state index < -0.39 is 0 Å². The Hall–Kier alpha value is -4.38. The zero-order chi connectivity index (χ0) is 24.2. The number of hydrogen-bond donors (Lipinski definition) is 0. The molecule has 0 saturated carbocycles. The van der Waals surface area contributed by atoms with Gasteiger partial charge in [0.25, 0.3) is 0 Å². The monoisotopic (exact) mass is 463 g/mol. The summed E-state index contributed by atoms with van der Waals surface area (Å²) in [4.78, 5) is 25.5. The summed E-state index contributed by atoms with van der Waals surface area (Å²) in [6, 6.07) is 30.3. The van der Waals surface area contributed by atoms with Crippen LogP contribution in [0.4, 0.5) is 0 Å². The molecule has 1 heterocycles. The van der Waals surface area contributed by atoms with E-state index in [1.165, 1.54) is 0 Å². The topological polar surface area (TPSA) is 57.5 Å². The normalized spacial score (nSPS) is 11.0. The fourth-order valence-electron chi connectivity index (χ4n) is 4.31. The highest BCUT2D eigenvalue weighted by atomic mass is 16.5. The smallest absolute Gasteiger partial charge is 0.338 e. The molecule has 0 N–H and O–H groups in total. The fraction of sp³-hybridized carbons (Fsp3) is 0.133. The lowest BCUT2D eigenvalue weighted by molar-refractivity contribution is 0.0464. The summed E-state index contributed by atoms with van der Waals surface area (Å²) in [5.41, 5.74) is 4.81. The Balaban J connectivity index is 1.44. The molecule has 0 atom stereocenters. The summed E-state index contributed by atoms with van der Waals surface area (Å²) in [6.07, 6.45) is 0. The van der Waals surface area contributed by atoms with Crippen LogP contribution in [0.5, 0.6) is 0 Å². The van der Waals surface area contributed by atoms with Gasteiger partial charge in [0.2, 0.25) is 0 Å². The molecule has 0 aliphatic carbocycles. The van der Waals surface area contributed by atoms with Gasteiger partial charge in [0.1, 0.15) is 13.2 Å². The largest absolute Gasteiger partial charge is 0.457 e. The van der Waals surface area contributed by atoms with Crippen LogP contribution in [0.25, 0.3) is 21.8 Å². The molecule has 0 unspecified atom stereocenters. The number of benzene rings is 4. The minimum Gasteiger partial charge on any atom is -0.457 e. The average Bonchev–Trinajstić information content (AvgIpc) is 3.23. The predicted molar refractivity (Wildman–Crippen MR) is 136 cm³/mol. The molecular weight excluding hydrogens is 438 g/mol. The molecule has 0 radical (unpaired) electrons. The number of nitrogens with zero attached hydrogens (tertiary/aromatic N) is 1. The van der Waals surface area contributed by atoms with E-state index in [0.29, 0.717) is 11.1 Å². The van der Waals surface area contributed by atoms with Crippen molar-refractivity contribution in [2.24, 2.45) is 0 Å². The molecule has 5 nitrogen and oxygen atoms in total. The molecule has 0 saturated heterocycles. The molecule has 0 spiro atoms. The molecular formula is C30H25NO4. The Morgan fingerprint density at radius 3 is 1.46 bits per heavy atom. The quantitative estimate of drug-likeness (QED) is 0.258. The minimum atomic E-state index is -0.383. The van der Waals surface area contributed by atoms with E-state index in [-0.39, 0.29) is 25.2 Å². The Bertz CT molecular complexity index is 1390. The number of aromatic nitrogens is 1. The second-order valence-corrected chi connectivity index (χ2v) is 8.33. The van der Waals surface area contributed by atoms with Crippen LogP contribution in [0.2, 0.25) is 0 Å². The van der Waals surface area contributed by atoms with Gasteiger partial charge in [-0.2, -0.15) is 0 Å². The highest BCUT2D eigenvalue weighted by Crippen LogP contribution is 2.31. The summed E-state index contributed by atoms with van der Waals surface area (Å²) in [6.45, 7) is 3.26. The van der Waals surface area contributed by atoms with E-state index in [0.717, 1.165) is 39.5 Å². The van der Waals surface area contributed by atoms with Gasteiger partial charge in [-0.1, -0.05) is 60.7 Å². The summed E-state index contributed by atoms with van der Waals surface area (Å²) >= 11 is 0. The third-order valence-corrected chi connectivity index (χ3v) is 6.08. The van der Waals surface area contributed by atoms with E-state index in [2.05, 4.69) is 11.5 Å². The highest BCUT2D eigenvalue weighted by Gasteiger charge is 2.16. The molecule has 174 valence electrons. The number of esters is 2. The van der Waals surface area contributed by atoms with Crippen LogP contribution in [0, 0.1) is 0 Å². The van der Waals surface area contributed by atoms with E-state index >= 15 is 0 Å². The maximum Gasteiger partial charge on any atom is 0.338 e. The summed E-state index contributed by atoms with van der Waals surface area (Å²) in [5, 5.41) is 1.79. The number of hydrogen-bond acceptors (Lipinski definition) is 4. The van der Waals surface area contributed by atoms with E-state index in [1.54, 1.807) is 12.1 Å². The van der Waals surface area contributed by atoms with Crippen molar-refractivity contribution in [2.75, 3.05) is 0 Å². The molecule has 35 heavy (non-hydrogen) atoms. The molecule has 5 heteroatoms. The van der Waals surface area contributed by atoms with Crippen molar-refractivity contribution in [3.63, 3.8) is 0 Å². The van der Waals surface area contributed by atoms with Crippen molar-refractivity contribution in [2.45, 2.75) is 26.7 Å². The van der Waals surface area contributed by atoms with Crippen LogP contribution < -0.4 is 0 Å². The van der Waals surface area contributed by atoms with Crippen molar-refractivity contribution in [3.05, 3.63) is 119 Å². The van der Waals surface area contributed by atoms with Crippen LogP contribution in [0.1, 0.15) is 38.8 Å². The standard InChI is InChI=1S/C30H25NO4/c1-2-31-27-15-13-23(29(32)34-19-21-9-5-3-6-10-21)17-25(27)26-18-24(14-16-28(26)31)30(33)35-20-22-11-7-4-8-12-22/h3-18H,2,19-20H2,1H3. The SMILES string of the molecule is CCn1c2ccc(C(=O)OCc3ccccc3)cc2c2cc(C(=O)OCc3ccccc3)ccc21. The van der Waals surface area contributed by atoms with Crippen LogP contribution in [0.3, 0.4) is 0 Å². The number of carbonyl (C=O) groups excluding carboxylic acids is 2. The molecule has 0 aliphatic rings. The molecule has 5 aromatic rings. The van der Waals surface area contributed by atoms with Crippen LogP contribution in [0.15, 0.2) is 97.1 Å². The number of carbonyl (C=O) groups is 2. The number of ether oxygens (including phenoxy) is 2. The number of fused-ring (bicyclic) bond motifs is 3. The third kappa shape index (κ3) is 4.66. The highest BCUT2D eigenvalue weighted by molar-refractivity contribution is 6.12. The Morgan fingerprint density at radius 1 is 0.629 bits per heavy atom. The predicted octanol–water partition coefficient (Wildman–Crippen LogP) is 6.53. The van der Waals surface area contributed by atoms with Crippen molar-refractivity contribution >= 4 is 33.7 Å². The summed E-state index contributed by atoms with van der Waals surface area (Å²) in [5.74, 6) is -0.766. The van der Waals surface area contributed by atoms with Crippen LogP contribution >= 0.6 is 0 Å². The van der Waals surface area contributed by atoms with Gasteiger partial charge in [-0.15, -0.1) is 0 Å². The molecule has 0 amide bonds. The van der Waals surface area contributed by atoms with Gasteiger partial charge in [0.15, 0.2) is 0 Å². The van der Waals surface area contributed by atoms with E-state index in [9.17, 15) is 9.59 Å². The maximum atomic E-state index is 12.8. The van der Waals surface area contributed by atoms with Gasteiger partial charge in [-0.05, 0) is 54.4 Å². The van der Waals surface area contributed by atoms with Crippen molar-refractivity contribution in [1.29, 1.82) is 0 Å². The van der Waals surface area contributed by atoms with Gasteiger partial charge >= 0.3 is 11.9 Å². The van der Waals surface area contributed by atoms with Crippen molar-refractivity contribution in [3.8, 4) is 0 Å². The molecule has 0 aliphatic heterocycles. The lowest BCUT2D eigenvalue weighted by Crippen LogP contribution is -2.05. The second kappa shape index (κ2) is 9.85. The second-order valence-electron chi connectivity index (χ2n) is 8.33. The van der Waals surface area contributed by atoms with Crippen LogP contribution in [-0.2, 0) is 29.2 Å². The minimum absolute atomic E-state index is 0.214. The van der Waals surface area contributed by atoms with Gasteiger partial charge < -0.3 is 14.0 Å². The first-order valence-corrected chi connectivity index (χ1v) is 11.6. The van der Waals surface area contributed by atoms with Crippen molar-refractivity contribution < 1.29 is 19.1 Å². The lowest BCUT2D eigenvalue weighted by Gasteiger charge is -2.06. The molecule has 0 fully saturated rings. The van der Waals surface area contributed by atoms with Crippen LogP contribution in [-0.4, -0.2) is 16.5 Å². The van der Waals surface area contributed by atoms with Gasteiger partial charge in [-0.3, -0.25) is 0 Å². The third-order valence-electron chi connectivity index (χ3n) is 6.08. The summed E-state index contributed by atoms with van der Waals surface area (Å²) < 4.78 is 13.2. The van der Waals surface area contributed by atoms with E-state index in [4.69, 9.17) is 9.47 Å². The Labute approximate surface area is 203 Å². The van der Waals surface area contributed by atoms with Gasteiger partial charge in [0, 0.05) is 28.4 Å². The van der Waals surface area contributed by atoms with Crippen molar-refractivity contribution in [1.82, 2.24) is 4.57 Å². The molecule has 5 rings (SSSR count). The summed E-state index contributed by atoms with van der Waals surface area (Å²) in [7, 11) is 0. The lowest BCUT2D eigenvalue weighted by atomic mass is 10.1. The maximum absolute atomic E-state index is 12.8. The van der Waals surface area contributed by atoms with Gasteiger partial charge in [-0.25, -0.2) is 9.59 Å². The number of aryl methyl sites for hydroxylation is 1. The molecule has 4 aromatic carbocycles. The Kier molecular flexibility index (Phi) is 6.31. The Morgan fingerprint density at radius 2 is 1.06 bits per heavy atom. The van der Waals surface area contributed by atoms with Gasteiger partial charge in [0.05, 0.1) is 11.1 Å². The average molecular weight is 464 g/mol. The first-order valence-electron chi connectivity index (χ1n) is 11.6. The molecule has 1 aromatic heterocycles. The fourth-order valence-corrected chi connectivity index (χ4v) is 4.31. The number of rotatable bonds is 7. The molecule has 0 bridgehead atoms. The van der Waals surface area contributed by atoms with E-state index in [1.807, 2.05) is 84.9 Å². The first-order chi connectivity index (χ1) is 17.1.